The fourth-order valence-corrected chi connectivity index (χ4v) is 2.20. The second-order valence-electron chi connectivity index (χ2n) is 5.39. The van der Waals surface area contributed by atoms with Crippen molar-refractivity contribution in [3.63, 3.8) is 0 Å². The number of nitrogens with one attached hydrogen (secondary N) is 3. The third-order valence-corrected chi connectivity index (χ3v) is 3.50. The maximum absolute atomic E-state index is 10.9. The molecule has 11 heteroatoms. The number of para-hydroxylation sites is 2. The van der Waals surface area contributed by atoms with Crippen molar-refractivity contribution in [2.75, 3.05) is 23.1 Å². The van der Waals surface area contributed by atoms with Crippen molar-refractivity contribution in [3.8, 4) is 5.75 Å². The van der Waals surface area contributed by atoms with E-state index in [1.807, 2.05) is 30.3 Å². The van der Waals surface area contributed by atoms with Gasteiger partial charge in [-0.05, 0) is 18.2 Å². The van der Waals surface area contributed by atoms with Gasteiger partial charge in [0, 0.05) is 24.4 Å². The molecule has 0 aliphatic heterocycles. The largest absolute Gasteiger partial charge is 0.502 e. The summed E-state index contributed by atoms with van der Waals surface area (Å²) in [5, 5.41) is 30.6. The minimum absolute atomic E-state index is 0.138. The summed E-state index contributed by atoms with van der Waals surface area (Å²) >= 11 is 0. The van der Waals surface area contributed by atoms with E-state index in [0.29, 0.717) is 11.9 Å². The van der Waals surface area contributed by atoms with Gasteiger partial charge in [0.1, 0.15) is 0 Å². The van der Waals surface area contributed by atoms with Crippen LogP contribution in [0.1, 0.15) is 5.56 Å². The molecule has 0 fully saturated rings. The van der Waals surface area contributed by atoms with E-state index in [2.05, 4.69) is 36.1 Å². The molecule has 3 rings (SSSR count). The summed E-state index contributed by atoms with van der Waals surface area (Å²) in [6, 6.07) is 13.5. The first-order valence-corrected chi connectivity index (χ1v) is 8.08. The average molecular weight is 380 g/mol. The fourth-order valence-electron chi connectivity index (χ4n) is 2.20. The zero-order chi connectivity index (χ0) is 19.9. The normalized spacial score (nSPS) is 10.6. The SMILES string of the molecule is CNc1nc(NN=Cc2cccc([N+](=O)[O-])c2O)nc(Nc2ccccc2)n1. The van der Waals surface area contributed by atoms with E-state index in [4.69, 9.17) is 0 Å². The van der Waals surface area contributed by atoms with Gasteiger partial charge < -0.3 is 15.7 Å². The number of hydrogen-bond acceptors (Lipinski definition) is 10. The Morgan fingerprint density at radius 2 is 1.75 bits per heavy atom. The molecule has 11 nitrogen and oxygen atoms in total. The molecule has 2 aromatic carbocycles. The van der Waals surface area contributed by atoms with Crippen molar-refractivity contribution in [1.29, 1.82) is 0 Å². The number of phenolic OH excluding ortho intramolecular Hbond substituents is 1. The van der Waals surface area contributed by atoms with E-state index in [0.717, 1.165) is 5.69 Å². The lowest BCUT2D eigenvalue weighted by Crippen LogP contribution is -2.07. The lowest BCUT2D eigenvalue weighted by molar-refractivity contribution is -0.385. The van der Waals surface area contributed by atoms with Crippen LogP contribution in [-0.2, 0) is 0 Å². The van der Waals surface area contributed by atoms with Crippen molar-refractivity contribution in [2.45, 2.75) is 0 Å². The average Bonchev–Trinajstić information content (AvgIpc) is 2.69. The maximum Gasteiger partial charge on any atom is 0.311 e. The molecule has 4 N–H and O–H groups in total. The predicted octanol–water partition coefficient (Wildman–Crippen LogP) is 2.72. The van der Waals surface area contributed by atoms with Gasteiger partial charge >= 0.3 is 5.69 Å². The zero-order valence-corrected chi connectivity index (χ0v) is 14.7. The van der Waals surface area contributed by atoms with E-state index >= 15 is 0 Å². The summed E-state index contributed by atoms with van der Waals surface area (Å²) in [6.45, 7) is 0. The van der Waals surface area contributed by atoms with Crippen LogP contribution in [0.4, 0.5) is 29.2 Å². The van der Waals surface area contributed by atoms with Crippen LogP contribution in [-0.4, -0.2) is 38.2 Å². The smallest absolute Gasteiger partial charge is 0.311 e. The molecule has 0 aliphatic carbocycles. The molecule has 142 valence electrons. The van der Waals surface area contributed by atoms with Crippen LogP contribution in [0.25, 0.3) is 0 Å². The molecule has 0 spiro atoms. The third-order valence-electron chi connectivity index (χ3n) is 3.50. The second kappa shape index (κ2) is 8.40. The van der Waals surface area contributed by atoms with E-state index < -0.39 is 16.4 Å². The molecule has 0 aliphatic rings. The molecule has 0 bridgehead atoms. The molecule has 0 saturated heterocycles. The number of nitro groups is 1. The number of aromatic nitrogens is 3. The number of nitro benzene ring substituents is 1. The summed E-state index contributed by atoms with van der Waals surface area (Å²) in [4.78, 5) is 22.7. The van der Waals surface area contributed by atoms with E-state index in [9.17, 15) is 15.2 Å². The highest BCUT2D eigenvalue weighted by Crippen LogP contribution is 2.28. The van der Waals surface area contributed by atoms with Gasteiger partial charge in [0.2, 0.25) is 23.6 Å². The first-order valence-electron chi connectivity index (χ1n) is 8.08. The number of anilines is 4. The molecule has 0 unspecified atom stereocenters. The minimum Gasteiger partial charge on any atom is -0.502 e. The Kier molecular flexibility index (Phi) is 5.55. The van der Waals surface area contributed by atoms with Gasteiger partial charge in [0.15, 0.2) is 0 Å². The molecular formula is C17H16N8O3. The molecule has 0 atom stereocenters. The molecule has 28 heavy (non-hydrogen) atoms. The van der Waals surface area contributed by atoms with Gasteiger partial charge in [-0.15, -0.1) is 0 Å². The Morgan fingerprint density at radius 1 is 1.04 bits per heavy atom. The highest BCUT2D eigenvalue weighted by atomic mass is 16.6. The number of aromatic hydroxyl groups is 1. The van der Waals surface area contributed by atoms with Crippen molar-refractivity contribution in [2.24, 2.45) is 5.10 Å². The molecule has 0 amide bonds. The number of phenols is 1. The molecule has 0 saturated carbocycles. The van der Waals surface area contributed by atoms with Crippen LogP contribution in [0.2, 0.25) is 0 Å². The van der Waals surface area contributed by atoms with Gasteiger partial charge in [-0.3, -0.25) is 10.1 Å². The van der Waals surface area contributed by atoms with Crippen molar-refractivity contribution in [1.82, 2.24) is 15.0 Å². The highest BCUT2D eigenvalue weighted by molar-refractivity contribution is 5.85. The van der Waals surface area contributed by atoms with Crippen LogP contribution in [0.15, 0.2) is 53.6 Å². The Labute approximate surface area is 159 Å². The summed E-state index contributed by atoms with van der Waals surface area (Å²) in [5.74, 6) is 0.265. The zero-order valence-electron chi connectivity index (χ0n) is 14.7. The standard InChI is InChI=1S/C17H16N8O3/c1-18-15-21-16(20-12-7-3-2-4-8-12)23-17(22-15)24-19-10-11-6-5-9-13(14(11)26)25(27)28/h2-10,26H,1H3,(H3,18,20,21,22,23,24). The van der Waals surface area contributed by atoms with Gasteiger partial charge in [0.05, 0.1) is 11.1 Å². The van der Waals surface area contributed by atoms with E-state index in [1.54, 1.807) is 7.05 Å². The minimum atomic E-state index is -0.674. The Balaban J connectivity index is 1.79. The quantitative estimate of drug-likeness (QED) is 0.275. The predicted molar refractivity (Wildman–Crippen MR) is 105 cm³/mol. The van der Waals surface area contributed by atoms with E-state index in [1.165, 1.54) is 24.4 Å². The van der Waals surface area contributed by atoms with Crippen molar-refractivity contribution < 1.29 is 10.0 Å². The first-order chi connectivity index (χ1) is 13.6. The molecular weight excluding hydrogens is 364 g/mol. The Morgan fingerprint density at radius 3 is 2.46 bits per heavy atom. The van der Waals surface area contributed by atoms with Gasteiger partial charge in [-0.25, -0.2) is 5.43 Å². The van der Waals surface area contributed by atoms with Crippen LogP contribution < -0.4 is 16.1 Å². The highest BCUT2D eigenvalue weighted by Gasteiger charge is 2.15. The summed E-state index contributed by atoms with van der Waals surface area (Å²) < 4.78 is 0. The molecule has 0 radical (unpaired) electrons. The van der Waals surface area contributed by atoms with Gasteiger partial charge in [-0.1, -0.05) is 24.3 Å². The summed E-state index contributed by atoms with van der Waals surface area (Å²) in [6.07, 6.45) is 1.23. The number of hydrazone groups is 1. The first kappa shape index (κ1) is 18.5. The van der Waals surface area contributed by atoms with Crippen LogP contribution in [0.5, 0.6) is 5.75 Å². The molecule has 1 heterocycles. The lowest BCUT2D eigenvalue weighted by atomic mass is 10.2. The van der Waals surface area contributed by atoms with E-state index in [-0.39, 0.29) is 11.5 Å². The molecule has 1 aromatic heterocycles. The van der Waals surface area contributed by atoms with Crippen molar-refractivity contribution >= 4 is 35.4 Å². The third kappa shape index (κ3) is 4.46. The van der Waals surface area contributed by atoms with Crippen LogP contribution in [0, 0.1) is 10.1 Å². The second-order valence-corrected chi connectivity index (χ2v) is 5.39. The lowest BCUT2D eigenvalue weighted by Gasteiger charge is -2.08. The van der Waals surface area contributed by atoms with Crippen LogP contribution in [0.3, 0.4) is 0 Å². The summed E-state index contributed by atoms with van der Waals surface area (Å²) in [7, 11) is 1.66. The van der Waals surface area contributed by atoms with Crippen LogP contribution >= 0.6 is 0 Å². The Bertz CT molecular complexity index is 1010. The van der Waals surface area contributed by atoms with Gasteiger partial charge in [0.25, 0.3) is 0 Å². The monoisotopic (exact) mass is 380 g/mol. The fraction of sp³-hybridized carbons (Fsp3) is 0.0588. The van der Waals surface area contributed by atoms with Gasteiger partial charge in [-0.2, -0.15) is 20.1 Å². The Hall–Kier alpha value is -4.28. The number of nitrogens with zero attached hydrogens (tertiary/aromatic N) is 5. The van der Waals surface area contributed by atoms with Crippen molar-refractivity contribution in [3.05, 3.63) is 64.2 Å². The molecule has 3 aromatic rings. The topological polar surface area (TPSA) is 150 Å². The maximum atomic E-state index is 10.9. The summed E-state index contributed by atoms with van der Waals surface area (Å²) in [5.41, 5.74) is 3.18. The number of benzene rings is 2. The number of rotatable bonds is 7. The number of hydrogen-bond donors (Lipinski definition) is 4.